The molecule has 0 aromatic heterocycles. The molecule has 16 heavy (non-hydrogen) atoms. The number of hydrogen-bond donors (Lipinski definition) is 1. The Bertz CT molecular complexity index is 430. The Balaban J connectivity index is 0.000000280. The third-order valence-electron chi connectivity index (χ3n) is 1.93. The van der Waals surface area contributed by atoms with Crippen LogP contribution in [-0.4, -0.2) is 16.1 Å². The topological polar surface area (TPSA) is 61.2 Å². The van der Waals surface area contributed by atoms with Gasteiger partial charge in [-0.15, -0.1) is 0 Å². The summed E-state index contributed by atoms with van der Waals surface area (Å²) in [6.45, 7) is 1.82. The molecule has 1 aromatic carbocycles. The highest BCUT2D eigenvalue weighted by Gasteiger charge is 2.32. The molecule has 0 radical (unpaired) electrons. The zero-order valence-corrected chi connectivity index (χ0v) is 9.57. The molecule has 82 valence electrons. The van der Waals surface area contributed by atoms with Crippen molar-refractivity contribution < 1.29 is 9.59 Å². The fraction of sp³-hybridized carbons (Fsp3) is 0.182. The summed E-state index contributed by atoms with van der Waals surface area (Å²) >= 11 is 3.76. The van der Waals surface area contributed by atoms with Crippen molar-refractivity contribution in [2.75, 3.05) is 0 Å². The number of nitriles is 1. The molecule has 0 N–H and O–H groups in total. The Kier molecular flexibility index (Phi) is 4.09. The van der Waals surface area contributed by atoms with Crippen LogP contribution in [0.4, 0.5) is 0 Å². The molecule has 4 nitrogen and oxygen atoms in total. The summed E-state index contributed by atoms with van der Waals surface area (Å²) in [5.41, 5.74) is 0.856. The molecule has 1 aromatic rings. The van der Waals surface area contributed by atoms with Crippen molar-refractivity contribution >= 4 is 24.6 Å². The predicted molar refractivity (Wildman–Crippen MR) is 61.8 cm³/mol. The maximum atomic E-state index is 11.2. The molecule has 1 aliphatic rings. The maximum absolute atomic E-state index is 11.2. The van der Waals surface area contributed by atoms with Crippen LogP contribution < -0.4 is 0 Å². The molecular weight excluding hydrogens is 224 g/mol. The number of carbonyl (C=O) groups excluding carboxylic acids is 2. The van der Waals surface area contributed by atoms with Gasteiger partial charge in [0.2, 0.25) is 0 Å². The first-order valence-electron chi connectivity index (χ1n) is 4.67. The van der Waals surface area contributed by atoms with Gasteiger partial charge in [-0.2, -0.15) is 5.26 Å². The monoisotopic (exact) mass is 234 g/mol. The molecule has 0 unspecified atom stereocenters. The van der Waals surface area contributed by atoms with E-state index in [-0.39, 0.29) is 11.8 Å². The summed E-state index contributed by atoms with van der Waals surface area (Å²) in [4.78, 5) is 22.5. The van der Waals surface area contributed by atoms with Gasteiger partial charge in [0, 0.05) is 6.42 Å². The number of hydrogen-bond acceptors (Lipinski definition) is 4. The summed E-state index contributed by atoms with van der Waals surface area (Å²) in [6.07, 6.45) is 0.625. The van der Waals surface area contributed by atoms with E-state index in [2.05, 4.69) is 12.8 Å². The second kappa shape index (κ2) is 5.33. The zero-order valence-electron chi connectivity index (χ0n) is 8.67. The number of fused-ring (bicyclic) bond motifs is 1. The summed E-state index contributed by atoms with van der Waals surface area (Å²) < 4.78 is 0.824. The van der Waals surface area contributed by atoms with E-state index in [1.165, 1.54) is 0 Å². The van der Waals surface area contributed by atoms with Crippen LogP contribution in [0.2, 0.25) is 0 Å². The summed E-state index contributed by atoms with van der Waals surface area (Å²) in [5, 5.41) is 7.62. The van der Waals surface area contributed by atoms with Crippen molar-refractivity contribution in [2.45, 2.75) is 13.3 Å². The second-order valence-corrected chi connectivity index (χ2v) is 3.38. The maximum Gasteiger partial charge on any atom is 0.271 e. The number of imide groups is 1. The minimum Gasteiger partial charge on any atom is -0.268 e. The lowest BCUT2D eigenvalue weighted by Crippen LogP contribution is -2.18. The second-order valence-electron chi connectivity index (χ2n) is 2.98. The van der Waals surface area contributed by atoms with Gasteiger partial charge in [0.1, 0.15) is 0 Å². The summed E-state index contributed by atoms with van der Waals surface area (Å²) in [5.74, 6) is -0.696. The van der Waals surface area contributed by atoms with E-state index in [1.807, 2.05) is 13.0 Å². The molecule has 0 saturated carbocycles. The van der Waals surface area contributed by atoms with Crippen LogP contribution >= 0.6 is 12.8 Å². The molecule has 1 aliphatic heterocycles. The molecule has 5 heteroatoms. The van der Waals surface area contributed by atoms with Gasteiger partial charge in [-0.1, -0.05) is 31.9 Å². The normalized spacial score (nSPS) is 12.7. The minimum atomic E-state index is -0.348. The molecule has 0 aliphatic carbocycles. The minimum absolute atomic E-state index is 0.348. The zero-order chi connectivity index (χ0) is 12.1. The molecule has 2 rings (SSSR count). The van der Waals surface area contributed by atoms with Crippen LogP contribution in [0.15, 0.2) is 24.3 Å². The first-order valence-corrected chi connectivity index (χ1v) is 5.07. The number of nitrogens with zero attached hydrogens (tertiary/aromatic N) is 2. The van der Waals surface area contributed by atoms with Crippen molar-refractivity contribution in [1.82, 2.24) is 4.31 Å². The van der Waals surface area contributed by atoms with E-state index in [4.69, 9.17) is 5.26 Å². The number of thiol groups is 1. The van der Waals surface area contributed by atoms with E-state index in [0.717, 1.165) is 4.31 Å². The molecular formula is C11H10N2O2S. The van der Waals surface area contributed by atoms with Crippen LogP contribution in [0.5, 0.6) is 0 Å². The first-order chi connectivity index (χ1) is 7.63. The molecule has 0 saturated heterocycles. The Morgan fingerprint density at radius 3 is 1.94 bits per heavy atom. The van der Waals surface area contributed by atoms with Crippen molar-refractivity contribution in [3.05, 3.63) is 35.4 Å². The highest BCUT2D eigenvalue weighted by molar-refractivity contribution is 7.79. The largest absolute Gasteiger partial charge is 0.271 e. The van der Waals surface area contributed by atoms with Crippen molar-refractivity contribution in [2.24, 2.45) is 0 Å². The van der Waals surface area contributed by atoms with E-state index in [9.17, 15) is 9.59 Å². The Morgan fingerprint density at radius 2 is 1.62 bits per heavy atom. The first kappa shape index (κ1) is 12.3. The molecule has 0 fully saturated rings. The summed E-state index contributed by atoms with van der Waals surface area (Å²) in [6, 6.07) is 8.60. The van der Waals surface area contributed by atoms with Gasteiger partial charge >= 0.3 is 0 Å². The van der Waals surface area contributed by atoms with Crippen LogP contribution in [0.25, 0.3) is 0 Å². The molecule has 1 heterocycles. The number of carbonyl (C=O) groups is 2. The van der Waals surface area contributed by atoms with Crippen LogP contribution in [-0.2, 0) is 0 Å². The quantitative estimate of drug-likeness (QED) is 0.552. The molecule has 0 bridgehead atoms. The Labute approximate surface area is 99.0 Å². The highest BCUT2D eigenvalue weighted by atomic mass is 32.1. The predicted octanol–water partition coefficient (Wildman–Crippen LogP) is 2.05. The van der Waals surface area contributed by atoms with Crippen molar-refractivity contribution in [3.8, 4) is 6.07 Å². The van der Waals surface area contributed by atoms with Gasteiger partial charge in [0.15, 0.2) is 0 Å². The molecule has 0 spiro atoms. The lowest BCUT2D eigenvalue weighted by atomic mass is 10.1. The smallest absolute Gasteiger partial charge is 0.268 e. The average Bonchev–Trinajstić information content (AvgIpc) is 2.56. The van der Waals surface area contributed by atoms with E-state index in [1.54, 1.807) is 24.3 Å². The van der Waals surface area contributed by atoms with Crippen LogP contribution in [0.1, 0.15) is 34.1 Å². The number of amides is 2. The van der Waals surface area contributed by atoms with Gasteiger partial charge in [-0.05, 0) is 12.1 Å². The third-order valence-corrected chi connectivity index (χ3v) is 2.29. The van der Waals surface area contributed by atoms with Crippen molar-refractivity contribution in [3.63, 3.8) is 0 Å². The van der Waals surface area contributed by atoms with Gasteiger partial charge in [0.25, 0.3) is 11.8 Å². The lowest BCUT2D eigenvalue weighted by molar-refractivity contribution is 0.0779. The fourth-order valence-electron chi connectivity index (χ4n) is 1.18. The van der Waals surface area contributed by atoms with Gasteiger partial charge in [-0.25, -0.2) is 4.31 Å². The highest BCUT2D eigenvalue weighted by Crippen LogP contribution is 2.23. The van der Waals surface area contributed by atoms with Crippen molar-refractivity contribution in [1.29, 1.82) is 5.26 Å². The van der Waals surface area contributed by atoms with Gasteiger partial charge in [-0.3, -0.25) is 9.59 Å². The van der Waals surface area contributed by atoms with Gasteiger partial charge in [0.05, 0.1) is 17.2 Å². The molecule has 2 amide bonds. The van der Waals surface area contributed by atoms with Crippen LogP contribution in [0.3, 0.4) is 0 Å². The standard InChI is InChI=1S/C8H5NO2S.C3H5N/c10-7-5-3-1-2-4-6(5)8(11)9(7)12;1-2-3-4/h1-4,12H;2H2,1H3. The molecule has 0 atom stereocenters. The fourth-order valence-corrected chi connectivity index (χ4v) is 1.39. The van der Waals surface area contributed by atoms with E-state index < -0.39 is 0 Å². The van der Waals surface area contributed by atoms with E-state index in [0.29, 0.717) is 17.5 Å². The average molecular weight is 234 g/mol. The number of rotatable bonds is 0. The lowest BCUT2D eigenvalue weighted by Gasteiger charge is -2.00. The number of benzene rings is 1. The Hall–Kier alpha value is -1.80. The van der Waals surface area contributed by atoms with Crippen LogP contribution in [0, 0.1) is 11.3 Å². The van der Waals surface area contributed by atoms with Gasteiger partial charge < -0.3 is 0 Å². The SMILES string of the molecule is CCC#N.O=C1c2ccccc2C(=O)N1S. The Morgan fingerprint density at radius 1 is 1.25 bits per heavy atom. The van der Waals surface area contributed by atoms with E-state index >= 15 is 0 Å². The third kappa shape index (κ3) is 2.23. The summed E-state index contributed by atoms with van der Waals surface area (Å²) in [7, 11) is 0.